The van der Waals surface area contributed by atoms with Crippen LogP contribution >= 0.6 is 11.8 Å². The summed E-state index contributed by atoms with van der Waals surface area (Å²) in [6, 6.07) is 0. The second-order valence-electron chi connectivity index (χ2n) is 6.44. The van der Waals surface area contributed by atoms with Gasteiger partial charge in [-0.05, 0) is 48.6 Å². The van der Waals surface area contributed by atoms with Crippen molar-refractivity contribution >= 4 is 17.7 Å². The minimum absolute atomic E-state index is 0.0211. The number of rotatable bonds is 7. The third-order valence-electron chi connectivity index (χ3n) is 3.82. The number of carbonyl (C=O) groups excluding carboxylic acids is 1. The fourth-order valence-electron chi connectivity index (χ4n) is 2.47. The zero-order valence-electron chi connectivity index (χ0n) is 12.8. The summed E-state index contributed by atoms with van der Waals surface area (Å²) in [5, 5.41) is 0. The minimum Gasteiger partial charge on any atom is -0.342 e. The molecule has 0 aromatic rings. The van der Waals surface area contributed by atoms with E-state index in [-0.39, 0.29) is 5.41 Å². The van der Waals surface area contributed by atoms with Gasteiger partial charge < -0.3 is 10.6 Å². The van der Waals surface area contributed by atoms with E-state index in [1.165, 1.54) is 24.3 Å². The lowest BCUT2D eigenvalue weighted by Crippen LogP contribution is -2.43. The molecule has 0 saturated carbocycles. The molecule has 1 fully saturated rings. The van der Waals surface area contributed by atoms with Crippen LogP contribution < -0.4 is 5.73 Å². The first-order chi connectivity index (χ1) is 8.98. The summed E-state index contributed by atoms with van der Waals surface area (Å²) in [4.78, 5) is 14.5. The smallest absolute Gasteiger partial charge is 0.222 e. The molecule has 1 rings (SSSR count). The van der Waals surface area contributed by atoms with Crippen molar-refractivity contribution in [1.82, 2.24) is 4.90 Å². The molecular weight excluding hydrogens is 256 g/mol. The van der Waals surface area contributed by atoms with E-state index in [0.29, 0.717) is 18.4 Å². The lowest BCUT2D eigenvalue weighted by molar-refractivity contribution is -0.133. The highest BCUT2D eigenvalue weighted by molar-refractivity contribution is 7.99. The summed E-state index contributed by atoms with van der Waals surface area (Å²) < 4.78 is 0. The number of thioether (sulfide) groups is 1. The molecule has 112 valence electrons. The summed E-state index contributed by atoms with van der Waals surface area (Å²) in [5.41, 5.74) is 5.82. The Kier molecular flexibility index (Phi) is 7.22. The van der Waals surface area contributed by atoms with Gasteiger partial charge in [-0.25, -0.2) is 0 Å². The van der Waals surface area contributed by atoms with Crippen molar-refractivity contribution < 1.29 is 4.79 Å². The Morgan fingerprint density at radius 2 is 2.00 bits per heavy atom. The van der Waals surface area contributed by atoms with Crippen LogP contribution in [0.25, 0.3) is 0 Å². The van der Waals surface area contributed by atoms with Gasteiger partial charge in [-0.15, -0.1) is 0 Å². The lowest BCUT2D eigenvalue weighted by Gasteiger charge is -2.33. The van der Waals surface area contributed by atoms with Crippen LogP contribution in [0.1, 0.15) is 46.5 Å². The van der Waals surface area contributed by atoms with Crippen LogP contribution in [0.4, 0.5) is 0 Å². The lowest BCUT2D eigenvalue weighted by atomic mass is 9.92. The second kappa shape index (κ2) is 8.15. The molecule has 1 saturated heterocycles. The Morgan fingerprint density at radius 1 is 1.37 bits per heavy atom. The Hall–Kier alpha value is -0.220. The Labute approximate surface area is 122 Å². The fraction of sp³-hybridized carbons (Fsp3) is 0.933. The first kappa shape index (κ1) is 16.8. The molecule has 3 nitrogen and oxygen atoms in total. The van der Waals surface area contributed by atoms with Gasteiger partial charge in [0, 0.05) is 19.5 Å². The van der Waals surface area contributed by atoms with Crippen molar-refractivity contribution in [3.8, 4) is 0 Å². The number of amides is 1. The molecule has 19 heavy (non-hydrogen) atoms. The van der Waals surface area contributed by atoms with Gasteiger partial charge in [-0.2, -0.15) is 11.8 Å². The van der Waals surface area contributed by atoms with Gasteiger partial charge in [0.1, 0.15) is 0 Å². The molecule has 2 N–H and O–H groups in total. The van der Waals surface area contributed by atoms with Crippen molar-refractivity contribution in [3.05, 3.63) is 0 Å². The Balaban J connectivity index is 2.51. The van der Waals surface area contributed by atoms with Crippen molar-refractivity contribution in [2.75, 3.05) is 31.1 Å². The number of hydrogen-bond donors (Lipinski definition) is 1. The topological polar surface area (TPSA) is 46.3 Å². The summed E-state index contributed by atoms with van der Waals surface area (Å²) in [5.74, 6) is 3.38. The summed E-state index contributed by atoms with van der Waals surface area (Å²) in [6.45, 7) is 8.69. The van der Waals surface area contributed by atoms with Gasteiger partial charge in [0.05, 0.1) is 0 Å². The molecule has 1 aliphatic heterocycles. The van der Waals surface area contributed by atoms with Crippen molar-refractivity contribution in [3.63, 3.8) is 0 Å². The zero-order chi connectivity index (χ0) is 14.3. The van der Waals surface area contributed by atoms with Gasteiger partial charge >= 0.3 is 0 Å². The minimum atomic E-state index is 0.0211. The van der Waals surface area contributed by atoms with E-state index < -0.39 is 0 Å². The van der Waals surface area contributed by atoms with Gasteiger partial charge in [0.15, 0.2) is 0 Å². The number of carbonyl (C=O) groups is 1. The zero-order valence-corrected chi connectivity index (χ0v) is 13.6. The highest BCUT2D eigenvalue weighted by atomic mass is 32.2. The van der Waals surface area contributed by atoms with E-state index in [4.69, 9.17) is 5.73 Å². The predicted octanol–water partition coefficient (Wildman–Crippen LogP) is 2.74. The number of hydrogen-bond acceptors (Lipinski definition) is 3. The fourth-order valence-corrected chi connectivity index (χ4v) is 3.67. The van der Waals surface area contributed by atoms with Crippen LogP contribution in [-0.2, 0) is 4.79 Å². The maximum Gasteiger partial charge on any atom is 0.222 e. The SMILES string of the molecule is CCCN(CC(C)(C)CN)C(=O)CC1CCSCC1. The normalized spacial score (nSPS) is 17.5. The van der Waals surface area contributed by atoms with Crippen LogP contribution in [0.15, 0.2) is 0 Å². The van der Waals surface area contributed by atoms with Crippen LogP contribution in [-0.4, -0.2) is 41.9 Å². The summed E-state index contributed by atoms with van der Waals surface area (Å²) in [7, 11) is 0. The number of nitrogens with zero attached hydrogens (tertiary/aromatic N) is 1. The molecule has 0 radical (unpaired) electrons. The molecule has 1 amide bonds. The second-order valence-corrected chi connectivity index (χ2v) is 7.67. The summed E-state index contributed by atoms with van der Waals surface area (Å²) >= 11 is 2.02. The van der Waals surface area contributed by atoms with Crippen molar-refractivity contribution in [2.45, 2.75) is 46.5 Å². The largest absolute Gasteiger partial charge is 0.342 e. The quantitative estimate of drug-likeness (QED) is 0.783. The molecule has 1 heterocycles. The first-order valence-corrected chi connectivity index (χ1v) is 8.69. The van der Waals surface area contributed by atoms with Gasteiger partial charge in [-0.3, -0.25) is 4.79 Å². The molecule has 0 bridgehead atoms. The standard InChI is InChI=1S/C15H30N2OS/c1-4-7-17(12-15(2,3)11-16)14(18)10-13-5-8-19-9-6-13/h13H,4-12,16H2,1-3H3. The predicted molar refractivity (Wildman–Crippen MR) is 84.4 cm³/mol. The maximum absolute atomic E-state index is 12.5. The Bertz CT molecular complexity index is 275. The molecule has 0 spiro atoms. The molecule has 0 aromatic heterocycles. The third kappa shape index (κ3) is 6.17. The van der Waals surface area contributed by atoms with E-state index in [9.17, 15) is 4.79 Å². The maximum atomic E-state index is 12.5. The molecule has 1 aliphatic rings. The summed E-state index contributed by atoms with van der Waals surface area (Å²) in [6.07, 6.45) is 4.17. The van der Waals surface area contributed by atoms with E-state index in [1.807, 2.05) is 16.7 Å². The van der Waals surface area contributed by atoms with Gasteiger partial charge in [0.25, 0.3) is 0 Å². The highest BCUT2D eigenvalue weighted by Gasteiger charge is 2.25. The molecule has 0 atom stereocenters. The van der Waals surface area contributed by atoms with E-state index in [1.54, 1.807) is 0 Å². The van der Waals surface area contributed by atoms with Crippen LogP contribution in [0, 0.1) is 11.3 Å². The average molecular weight is 286 g/mol. The van der Waals surface area contributed by atoms with E-state index in [2.05, 4.69) is 20.8 Å². The van der Waals surface area contributed by atoms with Gasteiger partial charge in [-0.1, -0.05) is 20.8 Å². The molecule has 0 aliphatic carbocycles. The number of nitrogens with two attached hydrogens (primary N) is 1. The van der Waals surface area contributed by atoms with Crippen LogP contribution in [0.5, 0.6) is 0 Å². The highest BCUT2D eigenvalue weighted by Crippen LogP contribution is 2.26. The Morgan fingerprint density at radius 3 is 2.53 bits per heavy atom. The van der Waals surface area contributed by atoms with Gasteiger partial charge in [0.2, 0.25) is 5.91 Å². The van der Waals surface area contributed by atoms with Crippen LogP contribution in [0.2, 0.25) is 0 Å². The molecule has 0 unspecified atom stereocenters. The van der Waals surface area contributed by atoms with E-state index in [0.717, 1.165) is 25.9 Å². The molecule has 4 heteroatoms. The molecule has 0 aromatic carbocycles. The molecular formula is C15H30N2OS. The van der Waals surface area contributed by atoms with E-state index >= 15 is 0 Å². The van der Waals surface area contributed by atoms with Crippen molar-refractivity contribution in [1.29, 1.82) is 0 Å². The third-order valence-corrected chi connectivity index (χ3v) is 4.87. The van der Waals surface area contributed by atoms with Crippen LogP contribution in [0.3, 0.4) is 0 Å². The van der Waals surface area contributed by atoms with Crippen molar-refractivity contribution in [2.24, 2.45) is 17.1 Å². The average Bonchev–Trinajstić information content (AvgIpc) is 2.39. The first-order valence-electron chi connectivity index (χ1n) is 7.54. The monoisotopic (exact) mass is 286 g/mol.